The summed E-state index contributed by atoms with van der Waals surface area (Å²) in [6.07, 6.45) is 3.79. The van der Waals surface area contributed by atoms with E-state index in [9.17, 15) is 0 Å². The Hall–Kier alpha value is -4.13. The second-order valence-corrected chi connectivity index (χ2v) is 7.38. The van der Waals surface area contributed by atoms with E-state index in [1.54, 1.807) is 13.3 Å². The average Bonchev–Trinajstić information content (AvgIpc) is 3.29. The van der Waals surface area contributed by atoms with Crippen LogP contribution < -0.4 is 14.9 Å². The zero-order chi connectivity index (χ0) is 22.9. The van der Waals surface area contributed by atoms with Crippen LogP contribution in [0.1, 0.15) is 31.2 Å². The molecule has 7 heteroatoms. The number of para-hydroxylation sites is 3. The lowest BCUT2D eigenvalue weighted by molar-refractivity contribution is 0.288. The lowest BCUT2D eigenvalue weighted by atomic mass is 10.2. The van der Waals surface area contributed by atoms with E-state index < -0.39 is 0 Å². The molecule has 0 aliphatic heterocycles. The molecule has 0 aliphatic carbocycles. The Morgan fingerprint density at radius 3 is 2.64 bits per heavy atom. The topological polar surface area (TPSA) is 83.9 Å². The number of H-pyrrole nitrogens is 1. The number of methoxy groups -OCH3 is 1. The average molecular weight is 442 g/mol. The largest absolute Gasteiger partial charge is 0.493 e. The van der Waals surface area contributed by atoms with Crippen LogP contribution in [-0.4, -0.2) is 35.7 Å². The molecule has 4 rings (SSSR count). The molecule has 4 aromatic rings. The van der Waals surface area contributed by atoms with Gasteiger partial charge in [-0.05, 0) is 54.4 Å². The molecule has 0 amide bonds. The number of benzene rings is 3. The molecule has 2 N–H and O–H groups in total. The van der Waals surface area contributed by atoms with Gasteiger partial charge in [0, 0.05) is 0 Å². The van der Waals surface area contributed by atoms with Crippen molar-refractivity contribution in [1.82, 2.24) is 15.4 Å². The minimum absolute atomic E-state index is 0.514. The number of rotatable bonds is 9. The molecule has 0 spiro atoms. The SMILES string of the molecule is CCCCOc1ccc(/C=N/NC(=Nc2ccccc2)c2nc3ccccc3[nH]2)cc1OC. The van der Waals surface area contributed by atoms with Crippen LogP contribution in [-0.2, 0) is 0 Å². The minimum atomic E-state index is 0.514. The van der Waals surface area contributed by atoms with Crippen molar-refractivity contribution in [2.75, 3.05) is 13.7 Å². The van der Waals surface area contributed by atoms with Crippen molar-refractivity contribution in [3.05, 3.63) is 84.2 Å². The Labute approximate surface area is 193 Å². The third kappa shape index (κ3) is 5.77. The van der Waals surface area contributed by atoms with E-state index in [0.717, 1.165) is 40.9 Å². The van der Waals surface area contributed by atoms with Crippen LogP contribution in [0.4, 0.5) is 5.69 Å². The van der Waals surface area contributed by atoms with Gasteiger partial charge in [0.1, 0.15) is 0 Å². The zero-order valence-corrected chi connectivity index (χ0v) is 18.8. The van der Waals surface area contributed by atoms with Gasteiger partial charge >= 0.3 is 0 Å². The number of ether oxygens (including phenoxy) is 2. The molecule has 0 aliphatic rings. The maximum atomic E-state index is 5.80. The number of amidine groups is 1. The molecule has 0 fully saturated rings. The number of hydrogen-bond acceptors (Lipinski definition) is 5. The molecule has 33 heavy (non-hydrogen) atoms. The van der Waals surface area contributed by atoms with Crippen LogP contribution in [0, 0.1) is 0 Å². The quantitative estimate of drug-likeness (QED) is 0.156. The molecule has 168 valence electrons. The smallest absolute Gasteiger partial charge is 0.190 e. The first-order valence-electron chi connectivity index (χ1n) is 11.0. The number of aromatic amines is 1. The molecule has 7 nitrogen and oxygen atoms in total. The highest BCUT2D eigenvalue weighted by atomic mass is 16.5. The van der Waals surface area contributed by atoms with Gasteiger partial charge in [-0.25, -0.2) is 9.98 Å². The van der Waals surface area contributed by atoms with E-state index in [4.69, 9.17) is 14.5 Å². The fourth-order valence-corrected chi connectivity index (χ4v) is 3.21. The highest BCUT2D eigenvalue weighted by Gasteiger charge is 2.10. The predicted molar refractivity (Wildman–Crippen MR) is 133 cm³/mol. The number of unbranched alkanes of at least 4 members (excludes halogenated alkanes) is 1. The second kappa shape index (κ2) is 10.9. The molecule has 0 unspecified atom stereocenters. The first-order valence-corrected chi connectivity index (χ1v) is 11.0. The molecule has 0 bridgehead atoms. The van der Waals surface area contributed by atoms with Gasteiger partial charge in [-0.15, -0.1) is 0 Å². The van der Waals surface area contributed by atoms with Gasteiger partial charge in [-0.2, -0.15) is 5.10 Å². The van der Waals surface area contributed by atoms with Gasteiger partial charge in [-0.1, -0.05) is 43.7 Å². The first-order chi connectivity index (χ1) is 16.3. The van der Waals surface area contributed by atoms with Crippen LogP contribution in [0.15, 0.2) is 82.9 Å². The van der Waals surface area contributed by atoms with Crippen molar-refractivity contribution in [3.63, 3.8) is 0 Å². The number of nitrogens with one attached hydrogen (secondary N) is 2. The van der Waals surface area contributed by atoms with Gasteiger partial charge in [0.25, 0.3) is 0 Å². The van der Waals surface area contributed by atoms with Gasteiger partial charge in [-0.3, -0.25) is 5.43 Å². The normalized spacial score (nSPS) is 11.8. The number of aliphatic imine (C=N–C) groups is 1. The van der Waals surface area contributed by atoms with E-state index in [-0.39, 0.29) is 0 Å². The van der Waals surface area contributed by atoms with Crippen LogP contribution in [0.5, 0.6) is 11.5 Å². The maximum Gasteiger partial charge on any atom is 0.190 e. The zero-order valence-electron chi connectivity index (χ0n) is 18.8. The van der Waals surface area contributed by atoms with Crippen molar-refractivity contribution < 1.29 is 9.47 Å². The Bertz CT molecular complexity index is 1220. The summed E-state index contributed by atoms with van der Waals surface area (Å²) in [5.74, 6) is 2.52. The number of aromatic nitrogens is 2. The first kappa shape index (κ1) is 22.1. The summed E-state index contributed by atoms with van der Waals surface area (Å²) in [6.45, 7) is 2.80. The molecule has 1 heterocycles. The van der Waals surface area contributed by atoms with Crippen molar-refractivity contribution >= 4 is 28.8 Å². The number of hydrazone groups is 1. The summed E-state index contributed by atoms with van der Waals surface area (Å²) in [4.78, 5) is 12.6. The Morgan fingerprint density at radius 2 is 1.85 bits per heavy atom. The number of hydrogen-bond donors (Lipinski definition) is 2. The number of imidazole rings is 1. The standard InChI is InChI=1S/C26H27N5O2/c1-3-4-16-33-23-15-14-19(17-24(23)32-2)18-27-31-26(28-20-10-6-5-7-11-20)25-29-21-12-8-9-13-22(21)30-25/h5-15,17-18H,3-4,16H2,1-2H3,(H,28,31)(H,29,30)/b27-18+. The molecular formula is C26H27N5O2. The Morgan fingerprint density at radius 1 is 1.03 bits per heavy atom. The molecular weight excluding hydrogens is 414 g/mol. The van der Waals surface area contributed by atoms with E-state index in [0.29, 0.717) is 24.0 Å². The molecule has 0 saturated carbocycles. The van der Waals surface area contributed by atoms with Gasteiger partial charge in [0.15, 0.2) is 23.2 Å². The summed E-state index contributed by atoms with van der Waals surface area (Å²) in [5.41, 5.74) is 6.50. The van der Waals surface area contributed by atoms with Crippen molar-refractivity contribution in [3.8, 4) is 11.5 Å². The van der Waals surface area contributed by atoms with E-state index in [1.165, 1.54) is 0 Å². The second-order valence-electron chi connectivity index (χ2n) is 7.38. The van der Waals surface area contributed by atoms with E-state index in [2.05, 4.69) is 27.4 Å². The molecule has 3 aromatic carbocycles. The molecule has 1 aromatic heterocycles. The number of nitrogens with zero attached hydrogens (tertiary/aromatic N) is 3. The predicted octanol–water partition coefficient (Wildman–Crippen LogP) is 5.45. The number of fused-ring (bicyclic) bond motifs is 1. The van der Waals surface area contributed by atoms with Gasteiger partial charge < -0.3 is 14.5 Å². The summed E-state index contributed by atoms with van der Waals surface area (Å²) >= 11 is 0. The van der Waals surface area contributed by atoms with Crippen LogP contribution >= 0.6 is 0 Å². The van der Waals surface area contributed by atoms with Crippen LogP contribution in [0.25, 0.3) is 11.0 Å². The van der Waals surface area contributed by atoms with E-state index in [1.807, 2.05) is 72.8 Å². The fourth-order valence-electron chi connectivity index (χ4n) is 3.21. The molecule has 0 radical (unpaired) electrons. The molecule has 0 saturated heterocycles. The third-order valence-corrected chi connectivity index (χ3v) is 4.94. The fraction of sp³-hybridized carbons (Fsp3) is 0.192. The summed E-state index contributed by atoms with van der Waals surface area (Å²) in [5, 5.41) is 4.40. The Balaban J connectivity index is 1.56. The van der Waals surface area contributed by atoms with Crippen molar-refractivity contribution in [2.45, 2.75) is 19.8 Å². The summed E-state index contributed by atoms with van der Waals surface area (Å²) in [6, 6.07) is 23.3. The third-order valence-electron chi connectivity index (χ3n) is 4.94. The lowest BCUT2D eigenvalue weighted by Gasteiger charge is -2.10. The van der Waals surface area contributed by atoms with Crippen LogP contribution in [0.2, 0.25) is 0 Å². The van der Waals surface area contributed by atoms with Crippen molar-refractivity contribution in [1.29, 1.82) is 0 Å². The van der Waals surface area contributed by atoms with Gasteiger partial charge in [0.2, 0.25) is 0 Å². The highest BCUT2D eigenvalue weighted by Crippen LogP contribution is 2.27. The van der Waals surface area contributed by atoms with E-state index >= 15 is 0 Å². The summed E-state index contributed by atoms with van der Waals surface area (Å²) in [7, 11) is 1.63. The lowest BCUT2D eigenvalue weighted by Crippen LogP contribution is -2.20. The summed E-state index contributed by atoms with van der Waals surface area (Å²) < 4.78 is 11.3. The maximum absolute atomic E-state index is 5.80. The highest BCUT2D eigenvalue weighted by molar-refractivity contribution is 6.00. The van der Waals surface area contributed by atoms with Crippen LogP contribution in [0.3, 0.4) is 0 Å². The molecule has 0 atom stereocenters. The van der Waals surface area contributed by atoms with Crippen molar-refractivity contribution in [2.24, 2.45) is 10.1 Å². The Kier molecular flexibility index (Phi) is 7.33. The monoisotopic (exact) mass is 441 g/mol. The van der Waals surface area contributed by atoms with Gasteiger partial charge in [0.05, 0.1) is 36.7 Å². The minimum Gasteiger partial charge on any atom is -0.493 e.